The summed E-state index contributed by atoms with van der Waals surface area (Å²) in [6.45, 7) is 3.59. The lowest BCUT2D eigenvalue weighted by Gasteiger charge is -2.34. The minimum absolute atomic E-state index is 0.00710. The Labute approximate surface area is 102 Å². The predicted octanol–water partition coefficient (Wildman–Crippen LogP) is -0.181. The summed E-state index contributed by atoms with van der Waals surface area (Å²) in [5.74, 6) is 0.0142. The first-order valence-corrected chi connectivity index (χ1v) is 6.42. The number of likely N-dealkylation sites (tertiary alicyclic amines) is 1. The molecule has 5 heteroatoms. The van der Waals surface area contributed by atoms with E-state index in [1.165, 1.54) is 4.90 Å². The molecule has 2 saturated heterocycles. The van der Waals surface area contributed by atoms with Gasteiger partial charge in [-0.15, -0.1) is 0 Å². The van der Waals surface area contributed by atoms with Crippen LogP contribution in [0, 0.1) is 0 Å². The Hall–Kier alpha value is -0.940. The lowest BCUT2D eigenvalue weighted by atomic mass is 10.1. The van der Waals surface area contributed by atoms with Crippen LogP contribution in [0.4, 0.5) is 0 Å². The van der Waals surface area contributed by atoms with Gasteiger partial charge < -0.3 is 10.2 Å². The zero-order valence-corrected chi connectivity index (χ0v) is 10.4. The van der Waals surface area contributed by atoms with E-state index in [-0.39, 0.29) is 11.8 Å². The van der Waals surface area contributed by atoms with Crippen LogP contribution in [-0.4, -0.2) is 60.9 Å². The van der Waals surface area contributed by atoms with E-state index in [0.29, 0.717) is 25.4 Å². The molecule has 1 N–H and O–H groups in total. The first-order chi connectivity index (χ1) is 8.18. The Bertz CT molecular complexity index is 290. The van der Waals surface area contributed by atoms with Gasteiger partial charge >= 0.3 is 0 Å². The monoisotopic (exact) mass is 239 g/mol. The fourth-order valence-corrected chi connectivity index (χ4v) is 2.51. The first kappa shape index (κ1) is 12.5. The van der Waals surface area contributed by atoms with Crippen LogP contribution in [0.15, 0.2) is 0 Å². The maximum Gasteiger partial charge on any atom is 0.229 e. The third-order valence-electron chi connectivity index (χ3n) is 3.71. The van der Waals surface area contributed by atoms with Crippen LogP contribution in [0.25, 0.3) is 0 Å². The van der Waals surface area contributed by atoms with Crippen molar-refractivity contribution in [2.75, 3.05) is 33.2 Å². The minimum atomic E-state index is 0.00710. The van der Waals surface area contributed by atoms with E-state index in [0.717, 1.165) is 32.5 Å². The van der Waals surface area contributed by atoms with Gasteiger partial charge in [0.25, 0.3) is 0 Å². The van der Waals surface area contributed by atoms with Crippen LogP contribution in [0.1, 0.15) is 25.7 Å². The van der Waals surface area contributed by atoms with Crippen molar-refractivity contribution in [1.29, 1.82) is 0 Å². The molecule has 96 valence electrons. The summed E-state index contributed by atoms with van der Waals surface area (Å²) in [4.78, 5) is 27.0. The normalized spacial score (nSPS) is 27.6. The van der Waals surface area contributed by atoms with Gasteiger partial charge in [-0.2, -0.15) is 0 Å². The average Bonchev–Trinajstić information content (AvgIpc) is 2.30. The molecule has 1 atom stereocenters. The lowest BCUT2D eigenvalue weighted by molar-refractivity contribution is -0.148. The Morgan fingerprint density at radius 3 is 2.65 bits per heavy atom. The van der Waals surface area contributed by atoms with E-state index < -0.39 is 0 Å². The van der Waals surface area contributed by atoms with Crippen molar-refractivity contribution in [2.24, 2.45) is 0 Å². The molecular formula is C12H21N3O2. The first-order valence-electron chi connectivity index (χ1n) is 6.42. The number of likely N-dealkylation sites (N-methyl/N-ethyl adjacent to an activating group) is 1. The Morgan fingerprint density at radius 2 is 2.00 bits per heavy atom. The molecule has 0 spiro atoms. The number of hydrogen-bond donors (Lipinski definition) is 1. The van der Waals surface area contributed by atoms with Gasteiger partial charge in [-0.3, -0.25) is 14.5 Å². The van der Waals surface area contributed by atoms with Gasteiger partial charge in [0.1, 0.15) is 0 Å². The maximum atomic E-state index is 11.6. The summed E-state index contributed by atoms with van der Waals surface area (Å²) in [5.41, 5.74) is 0. The molecule has 2 aliphatic heterocycles. The maximum absolute atomic E-state index is 11.6. The molecule has 17 heavy (non-hydrogen) atoms. The Kier molecular flexibility index (Phi) is 4.12. The van der Waals surface area contributed by atoms with E-state index >= 15 is 0 Å². The third kappa shape index (κ3) is 3.04. The number of piperazine rings is 1. The smallest absolute Gasteiger partial charge is 0.229 e. The van der Waals surface area contributed by atoms with Crippen molar-refractivity contribution in [3.63, 3.8) is 0 Å². The zero-order valence-electron chi connectivity index (χ0n) is 10.4. The van der Waals surface area contributed by atoms with Crippen molar-refractivity contribution in [3.05, 3.63) is 0 Å². The number of nitrogens with zero attached hydrogens (tertiary/aromatic N) is 2. The molecule has 0 aromatic heterocycles. The number of carbonyl (C=O) groups is 2. The molecule has 0 bridgehead atoms. The molecule has 2 aliphatic rings. The van der Waals surface area contributed by atoms with Crippen LogP contribution in [0.5, 0.6) is 0 Å². The van der Waals surface area contributed by atoms with Crippen molar-refractivity contribution in [3.8, 4) is 0 Å². The van der Waals surface area contributed by atoms with Gasteiger partial charge in [-0.25, -0.2) is 0 Å². The Morgan fingerprint density at radius 1 is 1.29 bits per heavy atom. The van der Waals surface area contributed by atoms with Gasteiger partial charge in [0, 0.05) is 45.1 Å². The third-order valence-corrected chi connectivity index (χ3v) is 3.71. The molecule has 0 aromatic carbocycles. The number of carbonyl (C=O) groups excluding carboxylic acids is 2. The summed E-state index contributed by atoms with van der Waals surface area (Å²) in [7, 11) is 2.10. The highest BCUT2D eigenvalue weighted by molar-refractivity contribution is 5.97. The second-order valence-corrected chi connectivity index (χ2v) is 4.92. The molecule has 5 nitrogen and oxygen atoms in total. The standard InChI is InChI=1S/C12H21N3O2/c1-14-8-6-13-9-10(14)5-7-15-11(16)3-2-4-12(15)17/h10,13H,2-9H2,1H3. The average molecular weight is 239 g/mol. The molecule has 0 radical (unpaired) electrons. The van der Waals surface area contributed by atoms with E-state index in [1.54, 1.807) is 0 Å². The molecule has 2 heterocycles. The molecule has 0 aliphatic carbocycles. The molecule has 1 unspecified atom stereocenters. The van der Waals surface area contributed by atoms with E-state index in [4.69, 9.17) is 0 Å². The highest BCUT2D eigenvalue weighted by atomic mass is 16.2. The summed E-state index contributed by atoms with van der Waals surface area (Å²) in [6.07, 6.45) is 2.66. The summed E-state index contributed by atoms with van der Waals surface area (Å²) in [5, 5.41) is 3.35. The van der Waals surface area contributed by atoms with E-state index in [2.05, 4.69) is 17.3 Å². The number of piperidine rings is 1. The van der Waals surface area contributed by atoms with E-state index in [9.17, 15) is 9.59 Å². The van der Waals surface area contributed by atoms with Crippen molar-refractivity contribution < 1.29 is 9.59 Å². The summed E-state index contributed by atoms with van der Waals surface area (Å²) >= 11 is 0. The van der Waals surface area contributed by atoms with Gasteiger partial charge in [-0.1, -0.05) is 0 Å². The number of amides is 2. The molecule has 0 aromatic rings. The Balaban J connectivity index is 1.83. The van der Waals surface area contributed by atoms with Crippen molar-refractivity contribution >= 4 is 11.8 Å². The van der Waals surface area contributed by atoms with Crippen molar-refractivity contribution in [2.45, 2.75) is 31.7 Å². The number of nitrogens with one attached hydrogen (secondary N) is 1. The fourth-order valence-electron chi connectivity index (χ4n) is 2.51. The highest BCUT2D eigenvalue weighted by Crippen LogP contribution is 2.14. The van der Waals surface area contributed by atoms with Gasteiger partial charge in [0.05, 0.1) is 0 Å². The van der Waals surface area contributed by atoms with Crippen LogP contribution < -0.4 is 5.32 Å². The number of rotatable bonds is 3. The lowest BCUT2D eigenvalue weighted by Crippen LogP contribution is -2.51. The topological polar surface area (TPSA) is 52.6 Å². The second-order valence-electron chi connectivity index (χ2n) is 4.92. The summed E-state index contributed by atoms with van der Waals surface area (Å²) in [6, 6.07) is 0.436. The summed E-state index contributed by atoms with van der Waals surface area (Å²) < 4.78 is 0. The van der Waals surface area contributed by atoms with Gasteiger partial charge in [-0.05, 0) is 19.9 Å². The van der Waals surface area contributed by atoms with Gasteiger partial charge in [0.15, 0.2) is 0 Å². The molecule has 0 saturated carbocycles. The van der Waals surface area contributed by atoms with Crippen LogP contribution in [-0.2, 0) is 9.59 Å². The number of imide groups is 1. The SMILES string of the molecule is CN1CCNCC1CCN1C(=O)CCCC1=O. The quantitative estimate of drug-likeness (QED) is 0.694. The van der Waals surface area contributed by atoms with Crippen LogP contribution in [0.2, 0.25) is 0 Å². The zero-order chi connectivity index (χ0) is 12.3. The minimum Gasteiger partial charge on any atom is -0.314 e. The molecule has 2 rings (SSSR count). The highest BCUT2D eigenvalue weighted by Gasteiger charge is 2.27. The number of hydrogen-bond acceptors (Lipinski definition) is 4. The van der Waals surface area contributed by atoms with Crippen LogP contribution in [0.3, 0.4) is 0 Å². The van der Waals surface area contributed by atoms with Crippen LogP contribution >= 0.6 is 0 Å². The predicted molar refractivity (Wildman–Crippen MR) is 64.5 cm³/mol. The van der Waals surface area contributed by atoms with E-state index in [1.807, 2.05) is 0 Å². The second kappa shape index (κ2) is 5.60. The molecule has 2 fully saturated rings. The van der Waals surface area contributed by atoms with Crippen molar-refractivity contribution in [1.82, 2.24) is 15.1 Å². The largest absolute Gasteiger partial charge is 0.314 e. The molecular weight excluding hydrogens is 218 g/mol. The molecule has 2 amide bonds. The fraction of sp³-hybridized carbons (Fsp3) is 0.833. The van der Waals surface area contributed by atoms with Gasteiger partial charge in [0.2, 0.25) is 11.8 Å².